The SMILES string of the molecule is CC(C)(C)c1nc(-c2c(Cl)cccc2Cl)nc(N)c1Br. The Hall–Kier alpha value is -0.840. The van der Waals surface area contributed by atoms with Gasteiger partial charge in [-0.15, -0.1) is 0 Å². The fourth-order valence-electron chi connectivity index (χ4n) is 1.78. The smallest absolute Gasteiger partial charge is 0.164 e. The fraction of sp³-hybridized carbons (Fsp3) is 0.286. The van der Waals surface area contributed by atoms with Crippen LogP contribution in [0.4, 0.5) is 5.82 Å². The predicted octanol–water partition coefficient (Wildman–Crippen LogP) is 5.09. The van der Waals surface area contributed by atoms with Crippen LogP contribution in [0.1, 0.15) is 26.5 Å². The van der Waals surface area contributed by atoms with Crippen molar-refractivity contribution >= 4 is 44.9 Å². The average molecular weight is 375 g/mol. The first kappa shape index (κ1) is 15.5. The van der Waals surface area contributed by atoms with E-state index >= 15 is 0 Å². The molecule has 3 nitrogen and oxygen atoms in total. The molecular formula is C14H14BrCl2N3. The number of halogens is 3. The van der Waals surface area contributed by atoms with Crippen LogP contribution in [0.15, 0.2) is 22.7 Å². The maximum atomic E-state index is 6.21. The molecule has 0 aliphatic rings. The Morgan fingerprint density at radius 2 is 1.65 bits per heavy atom. The summed E-state index contributed by atoms with van der Waals surface area (Å²) < 4.78 is 0.705. The van der Waals surface area contributed by atoms with Crippen LogP contribution in [-0.4, -0.2) is 9.97 Å². The fourth-order valence-corrected chi connectivity index (χ4v) is 3.12. The molecule has 1 heterocycles. The Kier molecular flexibility index (Phi) is 4.28. The van der Waals surface area contributed by atoms with Crippen molar-refractivity contribution in [3.63, 3.8) is 0 Å². The highest BCUT2D eigenvalue weighted by Gasteiger charge is 2.24. The van der Waals surface area contributed by atoms with E-state index in [-0.39, 0.29) is 5.41 Å². The molecule has 0 unspecified atom stereocenters. The molecule has 0 saturated carbocycles. The summed E-state index contributed by atoms with van der Waals surface area (Å²) in [5.74, 6) is 0.808. The maximum absolute atomic E-state index is 6.21. The average Bonchev–Trinajstić information content (AvgIpc) is 2.31. The predicted molar refractivity (Wildman–Crippen MR) is 88.3 cm³/mol. The van der Waals surface area contributed by atoms with Gasteiger partial charge in [-0.05, 0) is 28.1 Å². The number of nitrogens with two attached hydrogens (primary N) is 1. The van der Waals surface area contributed by atoms with Crippen molar-refractivity contribution in [2.75, 3.05) is 5.73 Å². The highest BCUT2D eigenvalue weighted by molar-refractivity contribution is 9.10. The van der Waals surface area contributed by atoms with Crippen LogP contribution in [-0.2, 0) is 5.41 Å². The topological polar surface area (TPSA) is 51.8 Å². The van der Waals surface area contributed by atoms with Gasteiger partial charge in [0.2, 0.25) is 0 Å². The third-order valence-corrected chi connectivity index (χ3v) is 4.19. The van der Waals surface area contributed by atoms with Gasteiger partial charge in [0.05, 0.1) is 25.8 Å². The number of hydrogen-bond acceptors (Lipinski definition) is 3. The summed E-state index contributed by atoms with van der Waals surface area (Å²) in [6.07, 6.45) is 0. The van der Waals surface area contributed by atoms with Crippen LogP contribution < -0.4 is 5.73 Å². The quantitative estimate of drug-likeness (QED) is 0.755. The summed E-state index contributed by atoms with van der Waals surface area (Å²) in [6, 6.07) is 5.28. The molecule has 20 heavy (non-hydrogen) atoms. The Bertz CT molecular complexity index is 646. The summed E-state index contributed by atoms with van der Waals surface area (Å²) in [6.45, 7) is 6.16. The zero-order valence-electron chi connectivity index (χ0n) is 11.3. The van der Waals surface area contributed by atoms with Crippen LogP contribution in [0.25, 0.3) is 11.4 Å². The molecule has 2 rings (SSSR count). The number of nitrogens with zero attached hydrogens (tertiary/aromatic N) is 2. The minimum absolute atomic E-state index is 0.182. The summed E-state index contributed by atoms with van der Waals surface area (Å²) in [4.78, 5) is 8.88. The van der Waals surface area contributed by atoms with E-state index in [1.165, 1.54) is 0 Å². The van der Waals surface area contributed by atoms with Gasteiger partial charge in [0.15, 0.2) is 5.82 Å². The van der Waals surface area contributed by atoms with Crippen molar-refractivity contribution in [1.29, 1.82) is 0 Å². The minimum atomic E-state index is -0.182. The molecule has 106 valence electrons. The molecule has 1 aromatic carbocycles. The van der Waals surface area contributed by atoms with Gasteiger partial charge in [-0.2, -0.15) is 0 Å². The molecule has 0 aliphatic carbocycles. The lowest BCUT2D eigenvalue weighted by molar-refractivity contribution is 0.565. The van der Waals surface area contributed by atoms with E-state index in [0.29, 0.717) is 31.7 Å². The number of rotatable bonds is 1. The number of benzene rings is 1. The highest BCUT2D eigenvalue weighted by atomic mass is 79.9. The molecular weight excluding hydrogens is 361 g/mol. The molecule has 0 aliphatic heterocycles. The Balaban J connectivity index is 2.74. The van der Waals surface area contributed by atoms with Gasteiger partial charge in [-0.3, -0.25) is 0 Å². The lowest BCUT2D eigenvalue weighted by atomic mass is 9.91. The van der Waals surface area contributed by atoms with Crippen LogP contribution in [0.5, 0.6) is 0 Å². The van der Waals surface area contributed by atoms with Crippen molar-refractivity contribution in [3.05, 3.63) is 38.4 Å². The van der Waals surface area contributed by atoms with Gasteiger partial charge in [0.1, 0.15) is 5.82 Å². The molecule has 0 spiro atoms. The van der Waals surface area contributed by atoms with Gasteiger partial charge >= 0.3 is 0 Å². The van der Waals surface area contributed by atoms with Gasteiger partial charge in [-0.1, -0.05) is 50.0 Å². The van der Waals surface area contributed by atoms with Crippen molar-refractivity contribution in [2.24, 2.45) is 0 Å². The van der Waals surface area contributed by atoms with Crippen LogP contribution in [0.3, 0.4) is 0 Å². The number of nitrogen functional groups attached to an aromatic ring is 1. The number of hydrogen-bond donors (Lipinski definition) is 1. The van der Waals surface area contributed by atoms with Gasteiger partial charge in [0.25, 0.3) is 0 Å². The molecule has 0 amide bonds. The van der Waals surface area contributed by atoms with E-state index in [1.54, 1.807) is 18.2 Å². The largest absolute Gasteiger partial charge is 0.383 e. The lowest BCUT2D eigenvalue weighted by Crippen LogP contribution is -2.17. The Morgan fingerprint density at radius 3 is 2.15 bits per heavy atom. The van der Waals surface area contributed by atoms with Crippen molar-refractivity contribution in [2.45, 2.75) is 26.2 Å². The zero-order valence-corrected chi connectivity index (χ0v) is 14.4. The number of aromatic nitrogens is 2. The third kappa shape index (κ3) is 2.92. The molecule has 1 aromatic heterocycles. The van der Waals surface area contributed by atoms with E-state index in [0.717, 1.165) is 5.69 Å². The summed E-state index contributed by atoms with van der Waals surface area (Å²) in [5, 5.41) is 0.998. The van der Waals surface area contributed by atoms with E-state index < -0.39 is 0 Å². The normalized spacial score (nSPS) is 11.7. The van der Waals surface area contributed by atoms with E-state index in [4.69, 9.17) is 28.9 Å². The molecule has 0 radical (unpaired) electrons. The summed E-state index contributed by atoms with van der Waals surface area (Å²) in [5.41, 5.74) is 7.20. The molecule has 0 atom stereocenters. The first-order chi connectivity index (χ1) is 9.21. The van der Waals surface area contributed by atoms with Crippen molar-refractivity contribution in [1.82, 2.24) is 9.97 Å². The molecule has 0 fully saturated rings. The monoisotopic (exact) mass is 373 g/mol. The summed E-state index contributed by atoms with van der Waals surface area (Å²) in [7, 11) is 0. The Morgan fingerprint density at radius 1 is 1.10 bits per heavy atom. The molecule has 0 saturated heterocycles. The maximum Gasteiger partial charge on any atom is 0.164 e. The molecule has 0 bridgehead atoms. The van der Waals surface area contributed by atoms with Gasteiger partial charge in [0, 0.05) is 5.41 Å². The lowest BCUT2D eigenvalue weighted by Gasteiger charge is -2.21. The van der Waals surface area contributed by atoms with Crippen molar-refractivity contribution < 1.29 is 0 Å². The second-order valence-electron chi connectivity index (χ2n) is 5.44. The van der Waals surface area contributed by atoms with Crippen LogP contribution >= 0.6 is 39.1 Å². The second-order valence-corrected chi connectivity index (χ2v) is 7.05. The third-order valence-electron chi connectivity index (χ3n) is 2.77. The van der Waals surface area contributed by atoms with Crippen molar-refractivity contribution in [3.8, 4) is 11.4 Å². The second kappa shape index (κ2) is 5.51. The number of anilines is 1. The highest BCUT2D eigenvalue weighted by Crippen LogP contribution is 2.37. The molecule has 2 aromatic rings. The summed E-state index contributed by atoms with van der Waals surface area (Å²) >= 11 is 15.9. The van der Waals surface area contributed by atoms with E-state index in [2.05, 4.69) is 46.7 Å². The van der Waals surface area contributed by atoms with Crippen LogP contribution in [0.2, 0.25) is 10.0 Å². The van der Waals surface area contributed by atoms with Gasteiger partial charge < -0.3 is 5.73 Å². The molecule has 2 N–H and O–H groups in total. The first-order valence-corrected chi connectivity index (χ1v) is 7.54. The Labute approximate surface area is 136 Å². The molecule has 6 heteroatoms. The van der Waals surface area contributed by atoms with Crippen LogP contribution in [0, 0.1) is 0 Å². The standard InChI is InChI=1S/C14H14BrCl2N3/c1-14(2,3)11-10(15)12(18)20-13(19-11)9-7(16)5-4-6-8(9)17/h4-6H,1-3H3,(H2,18,19,20). The minimum Gasteiger partial charge on any atom is -0.383 e. The first-order valence-electron chi connectivity index (χ1n) is 5.99. The van der Waals surface area contributed by atoms with Gasteiger partial charge in [-0.25, -0.2) is 9.97 Å². The van der Waals surface area contributed by atoms with E-state index in [9.17, 15) is 0 Å². The van der Waals surface area contributed by atoms with E-state index in [1.807, 2.05) is 0 Å². The zero-order chi connectivity index (χ0) is 15.1.